The summed E-state index contributed by atoms with van der Waals surface area (Å²) in [6.07, 6.45) is 0.976. The van der Waals surface area contributed by atoms with Crippen molar-refractivity contribution < 1.29 is 19.4 Å². The smallest absolute Gasteiger partial charge is 0.314 e. The molecule has 2 atom stereocenters. The number of benzene rings is 1. The monoisotopic (exact) mass is 278 g/mol. The molecule has 1 N–H and O–H groups in total. The molecule has 0 heterocycles. The summed E-state index contributed by atoms with van der Waals surface area (Å²) in [5.41, 5.74) is -0.0177. The molecule has 110 valence electrons. The van der Waals surface area contributed by atoms with Crippen LogP contribution in [0, 0.1) is 5.41 Å². The minimum Gasteiger partial charge on any atom is -0.469 e. The first-order valence-corrected chi connectivity index (χ1v) is 6.53. The number of methoxy groups -OCH3 is 1. The maximum Gasteiger partial charge on any atom is 0.314 e. The van der Waals surface area contributed by atoms with Crippen LogP contribution < -0.4 is 0 Å². The van der Waals surface area contributed by atoms with E-state index in [1.165, 1.54) is 7.11 Å². The van der Waals surface area contributed by atoms with E-state index in [9.17, 15) is 9.90 Å². The second-order valence-electron chi connectivity index (χ2n) is 4.92. The molecule has 0 aliphatic rings. The zero-order valence-corrected chi connectivity index (χ0v) is 12.0. The van der Waals surface area contributed by atoms with Gasteiger partial charge in [-0.05, 0) is 18.9 Å². The highest BCUT2D eigenvalue weighted by molar-refractivity contribution is 5.77. The molecule has 0 fully saturated rings. The molecule has 0 saturated carbocycles. The summed E-state index contributed by atoms with van der Waals surface area (Å²) in [6, 6.07) is 9.65. The van der Waals surface area contributed by atoms with Gasteiger partial charge in [0.15, 0.2) is 0 Å². The van der Waals surface area contributed by atoms with Crippen LogP contribution in [0.3, 0.4) is 0 Å². The van der Waals surface area contributed by atoms with Gasteiger partial charge in [-0.3, -0.25) is 4.79 Å². The van der Waals surface area contributed by atoms with Crippen LogP contribution >= 0.6 is 0 Å². The normalized spacial score (nSPS) is 15.2. The van der Waals surface area contributed by atoms with Crippen LogP contribution in [-0.4, -0.2) is 30.9 Å². The van der Waals surface area contributed by atoms with Crippen molar-refractivity contribution in [2.75, 3.05) is 13.7 Å². The van der Waals surface area contributed by atoms with Gasteiger partial charge in [-0.15, -0.1) is 6.58 Å². The lowest BCUT2D eigenvalue weighted by Gasteiger charge is -2.30. The summed E-state index contributed by atoms with van der Waals surface area (Å²) in [6.45, 7) is 5.72. The number of rotatable bonds is 8. The van der Waals surface area contributed by atoms with Gasteiger partial charge in [0.2, 0.25) is 0 Å². The summed E-state index contributed by atoms with van der Waals surface area (Å²) in [5.74, 6) is -0.465. The average molecular weight is 278 g/mol. The van der Waals surface area contributed by atoms with Crippen LogP contribution in [0.2, 0.25) is 0 Å². The quantitative estimate of drug-likeness (QED) is 0.585. The molecule has 0 saturated heterocycles. The van der Waals surface area contributed by atoms with Crippen molar-refractivity contribution >= 4 is 5.97 Å². The zero-order valence-electron chi connectivity index (χ0n) is 12.0. The maximum absolute atomic E-state index is 11.8. The maximum atomic E-state index is 11.8. The predicted molar refractivity (Wildman–Crippen MR) is 77.0 cm³/mol. The Hall–Kier alpha value is -1.65. The highest BCUT2D eigenvalue weighted by Gasteiger charge is 2.40. The number of esters is 1. The number of hydrogen-bond acceptors (Lipinski definition) is 4. The van der Waals surface area contributed by atoms with Crippen molar-refractivity contribution in [3.63, 3.8) is 0 Å². The minimum absolute atomic E-state index is 0.0638. The van der Waals surface area contributed by atoms with Gasteiger partial charge in [0.05, 0.1) is 31.8 Å². The van der Waals surface area contributed by atoms with Gasteiger partial charge in [-0.1, -0.05) is 36.4 Å². The van der Waals surface area contributed by atoms with E-state index in [0.29, 0.717) is 13.0 Å². The Bertz CT molecular complexity index is 429. The summed E-state index contributed by atoms with van der Waals surface area (Å²) in [5, 5.41) is 10.2. The summed E-state index contributed by atoms with van der Waals surface area (Å²) < 4.78 is 10.2. The second kappa shape index (κ2) is 7.82. The molecule has 0 aromatic heterocycles. The highest BCUT2D eigenvalue weighted by Crippen LogP contribution is 2.28. The molecule has 0 unspecified atom stereocenters. The van der Waals surface area contributed by atoms with E-state index in [2.05, 4.69) is 6.58 Å². The van der Waals surface area contributed by atoms with Gasteiger partial charge in [-0.2, -0.15) is 0 Å². The molecule has 1 aromatic rings. The molecule has 20 heavy (non-hydrogen) atoms. The first-order chi connectivity index (χ1) is 9.54. The van der Waals surface area contributed by atoms with Gasteiger partial charge in [-0.25, -0.2) is 0 Å². The largest absolute Gasteiger partial charge is 0.469 e. The molecule has 0 aliphatic heterocycles. The van der Waals surface area contributed by atoms with Crippen LogP contribution in [-0.2, 0) is 20.9 Å². The number of allylic oxidation sites excluding steroid dienone is 1. The first-order valence-electron chi connectivity index (χ1n) is 6.53. The Morgan fingerprint density at radius 3 is 2.65 bits per heavy atom. The standard InChI is InChI=1S/C16H22O4/c1-4-10-16(2,15(18)19-3)14(17)12-20-11-13-8-6-5-7-9-13/h4-9,14,17H,1,10-12H2,2-3H3/t14-,16-/m1/s1. The highest BCUT2D eigenvalue weighted by atomic mass is 16.5. The lowest BCUT2D eigenvalue weighted by Crippen LogP contribution is -2.43. The van der Waals surface area contributed by atoms with Crippen molar-refractivity contribution in [2.24, 2.45) is 5.41 Å². The van der Waals surface area contributed by atoms with Gasteiger partial charge < -0.3 is 14.6 Å². The second-order valence-corrected chi connectivity index (χ2v) is 4.92. The third-order valence-corrected chi connectivity index (χ3v) is 3.34. The third kappa shape index (κ3) is 4.18. The van der Waals surface area contributed by atoms with Crippen molar-refractivity contribution in [3.05, 3.63) is 48.6 Å². The number of ether oxygens (including phenoxy) is 2. The average Bonchev–Trinajstić information content (AvgIpc) is 2.47. The van der Waals surface area contributed by atoms with E-state index in [0.717, 1.165) is 5.56 Å². The lowest BCUT2D eigenvalue weighted by molar-refractivity contribution is -0.161. The molecule has 0 radical (unpaired) electrons. The first kappa shape index (κ1) is 16.4. The zero-order chi connectivity index (χ0) is 15.0. The fourth-order valence-electron chi connectivity index (χ4n) is 1.93. The van der Waals surface area contributed by atoms with Gasteiger partial charge in [0.25, 0.3) is 0 Å². The fraction of sp³-hybridized carbons (Fsp3) is 0.438. The molecule has 1 aromatic carbocycles. The van der Waals surface area contributed by atoms with Crippen molar-refractivity contribution in [3.8, 4) is 0 Å². The van der Waals surface area contributed by atoms with Crippen LogP contribution in [0.4, 0.5) is 0 Å². The lowest BCUT2D eigenvalue weighted by atomic mass is 9.81. The van der Waals surface area contributed by atoms with E-state index >= 15 is 0 Å². The van der Waals surface area contributed by atoms with Crippen molar-refractivity contribution in [1.82, 2.24) is 0 Å². The molecule has 0 spiro atoms. The van der Waals surface area contributed by atoms with Crippen molar-refractivity contribution in [1.29, 1.82) is 0 Å². The number of aliphatic hydroxyl groups is 1. The van der Waals surface area contributed by atoms with Crippen LogP contribution in [0.5, 0.6) is 0 Å². The molecule has 4 nitrogen and oxygen atoms in total. The molecule has 1 rings (SSSR count). The van der Waals surface area contributed by atoms with Crippen LogP contribution in [0.25, 0.3) is 0 Å². The molecule has 0 amide bonds. The Balaban J connectivity index is 2.56. The minimum atomic E-state index is -1.03. The van der Waals surface area contributed by atoms with E-state index in [1.54, 1.807) is 13.0 Å². The summed E-state index contributed by atoms with van der Waals surface area (Å²) in [7, 11) is 1.31. The van der Waals surface area contributed by atoms with E-state index in [-0.39, 0.29) is 6.61 Å². The van der Waals surface area contributed by atoms with Crippen LogP contribution in [0.1, 0.15) is 18.9 Å². The molecular formula is C16H22O4. The number of aliphatic hydroxyl groups excluding tert-OH is 1. The van der Waals surface area contributed by atoms with E-state index < -0.39 is 17.5 Å². The van der Waals surface area contributed by atoms with Gasteiger partial charge in [0, 0.05) is 0 Å². The Kier molecular flexibility index (Phi) is 6.42. The molecule has 0 bridgehead atoms. The molecular weight excluding hydrogens is 256 g/mol. The molecule has 0 aliphatic carbocycles. The Labute approximate surface area is 120 Å². The van der Waals surface area contributed by atoms with Gasteiger partial charge in [0.1, 0.15) is 0 Å². The predicted octanol–water partition coefficient (Wildman–Crippen LogP) is 2.32. The number of hydrogen-bond donors (Lipinski definition) is 1. The Morgan fingerprint density at radius 2 is 2.10 bits per heavy atom. The fourth-order valence-corrected chi connectivity index (χ4v) is 1.93. The SMILES string of the molecule is C=CC[C@@](C)(C(=O)OC)[C@H](O)COCc1ccccc1. The summed E-state index contributed by atoms with van der Waals surface area (Å²) >= 11 is 0. The third-order valence-electron chi connectivity index (χ3n) is 3.34. The number of carbonyl (C=O) groups is 1. The van der Waals surface area contributed by atoms with Crippen molar-refractivity contribution in [2.45, 2.75) is 26.1 Å². The Morgan fingerprint density at radius 1 is 1.45 bits per heavy atom. The van der Waals surface area contributed by atoms with E-state index in [1.807, 2.05) is 30.3 Å². The topological polar surface area (TPSA) is 55.8 Å². The van der Waals surface area contributed by atoms with E-state index in [4.69, 9.17) is 9.47 Å². The van der Waals surface area contributed by atoms with Gasteiger partial charge >= 0.3 is 5.97 Å². The number of carbonyl (C=O) groups excluding carboxylic acids is 1. The summed E-state index contributed by atoms with van der Waals surface area (Å²) in [4.78, 5) is 11.8. The molecule has 4 heteroatoms. The van der Waals surface area contributed by atoms with Crippen LogP contribution in [0.15, 0.2) is 43.0 Å².